The van der Waals surface area contributed by atoms with Crippen molar-refractivity contribution in [3.05, 3.63) is 34.3 Å². The van der Waals surface area contributed by atoms with Crippen molar-refractivity contribution in [2.24, 2.45) is 0 Å². The van der Waals surface area contributed by atoms with Gasteiger partial charge in [0.05, 0.1) is 5.41 Å². The van der Waals surface area contributed by atoms with Crippen LogP contribution in [0, 0.1) is 0 Å². The molecule has 1 amide bonds. The summed E-state index contributed by atoms with van der Waals surface area (Å²) in [6.07, 6.45) is -14.4. The van der Waals surface area contributed by atoms with Crippen LogP contribution in [0.25, 0.3) is 0 Å². The Labute approximate surface area is 222 Å². The minimum atomic E-state index is -5.77. The summed E-state index contributed by atoms with van der Waals surface area (Å²) in [5.41, 5.74) is 0.0599. The van der Waals surface area contributed by atoms with Gasteiger partial charge in [0.25, 0.3) is 6.10 Å². The molecule has 1 aliphatic heterocycles. The van der Waals surface area contributed by atoms with E-state index in [2.05, 4.69) is 4.74 Å². The zero-order valence-electron chi connectivity index (χ0n) is 21.3. The van der Waals surface area contributed by atoms with E-state index in [1.54, 1.807) is 32.9 Å². The van der Waals surface area contributed by atoms with Crippen molar-refractivity contribution in [3.63, 3.8) is 0 Å². The average Bonchev–Trinajstić information content (AvgIpc) is 3.26. The van der Waals surface area contributed by atoms with Gasteiger partial charge in [0, 0.05) is 37.7 Å². The lowest BCUT2D eigenvalue weighted by molar-refractivity contribution is -0.308. The van der Waals surface area contributed by atoms with Gasteiger partial charge in [0.2, 0.25) is 0 Å². The molecule has 214 valence electrons. The molecule has 0 radical (unpaired) electrons. The molecule has 3 rings (SSSR count). The SMILES string of the molecule is CC(C)(C)OC(=O)C1(c2cc(Cl)cc(CN3CCN(C(=O)OC(C(F)(F)F)C(F)(F)F)CC3)c2)CCCC1. The van der Waals surface area contributed by atoms with Gasteiger partial charge in [-0.1, -0.05) is 30.5 Å². The lowest BCUT2D eigenvalue weighted by Gasteiger charge is -2.35. The van der Waals surface area contributed by atoms with Gasteiger partial charge in [-0.05, 0) is 56.9 Å². The molecule has 0 bridgehead atoms. The third kappa shape index (κ3) is 7.46. The number of esters is 1. The fraction of sp³-hybridized carbons (Fsp3) is 0.680. The van der Waals surface area contributed by atoms with Crippen molar-refractivity contribution in [2.45, 2.75) is 82.5 Å². The van der Waals surface area contributed by atoms with Crippen LogP contribution in [-0.2, 0) is 26.2 Å². The van der Waals surface area contributed by atoms with Gasteiger partial charge in [-0.3, -0.25) is 9.69 Å². The summed E-state index contributed by atoms with van der Waals surface area (Å²) < 4.78 is 85.8. The second-order valence-electron chi connectivity index (χ2n) is 10.7. The van der Waals surface area contributed by atoms with Gasteiger partial charge < -0.3 is 14.4 Å². The largest absolute Gasteiger partial charge is 0.459 e. The monoisotopic (exact) mass is 572 g/mol. The first-order valence-electron chi connectivity index (χ1n) is 12.3. The molecule has 0 spiro atoms. The highest BCUT2D eigenvalue weighted by Gasteiger charge is 2.60. The van der Waals surface area contributed by atoms with E-state index in [4.69, 9.17) is 16.3 Å². The molecule has 13 heteroatoms. The molecule has 1 aromatic rings. The van der Waals surface area contributed by atoms with E-state index < -0.39 is 35.6 Å². The summed E-state index contributed by atoms with van der Waals surface area (Å²) in [4.78, 5) is 28.0. The summed E-state index contributed by atoms with van der Waals surface area (Å²) in [6.45, 7) is 5.92. The highest BCUT2D eigenvalue weighted by Crippen LogP contribution is 2.44. The van der Waals surface area contributed by atoms with Crippen molar-refractivity contribution in [1.82, 2.24) is 9.80 Å². The Hall–Kier alpha value is -2.21. The van der Waals surface area contributed by atoms with E-state index in [0.29, 0.717) is 24.4 Å². The fourth-order valence-electron chi connectivity index (χ4n) is 4.82. The topological polar surface area (TPSA) is 59.1 Å². The number of halogens is 7. The molecule has 0 atom stereocenters. The van der Waals surface area contributed by atoms with Crippen LogP contribution in [-0.4, -0.2) is 72.1 Å². The van der Waals surface area contributed by atoms with Crippen molar-refractivity contribution in [1.29, 1.82) is 0 Å². The van der Waals surface area contributed by atoms with Gasteiger partial charge in [-0.25, -0.2) is 4.79 Å². The third-order valence-electron chi connectivity index (χ3n) is 6.61. The van der Waals surface area contributed by atoms with E-state index in [1.807, 2.05) is 11.0 Å². The summed E-state index contributed by atoms with van der Waals surface area (Å²) in [7, 11) is 0. The number of nitrogens with zero attached hydrogens (tertiary/aromatic N) is 2. The molecule has 6 nitrogen and oxygen atoms in total. The molecule has 38 heavy (non-hydrogen) atoms. The molecule has 0 aromatic heterocycles. The minimum absolute atomic E-state index is 0.115. The van der Waals surface area contributed by atoms with Crippen molar-refractivity contribution < 1.29 is 45.4 Å². The Morgan fingerprint density at radius 3 is 2.00 bits per heavy atom. The number of hydrogen-bond donors (Lipinski definition) is 0. The Morgan fingerprint density at radius 1 is 0.947 bits per heavy atom. The fourth-order valence-corrected chi connectivity index (χ4v) is 5.08. The van der Waals surface area contributed by atoms with Crippen LogP contribution in [0.2, 0.25) is 5.02 Å². The first kappa shape index (κ1) is 30.3. The number of amides is 1. The standard InChI is InChI=1S/C25H31ClF6N2O4/c1-22(2,3)38-20(35)23(6-4-5-7-23)17-12-16(13-18(26)14-17)15-33-8-10-34(11-9-33)21(36)37-19(24(27,28)29)25(30,31)32/h12-14,19H,4-11,15H2,1-3H3. The zero-order valence-corrected chi connectivity index (χ0v) is 22.1. The van der Waals surface area contributed by atoms with Crippen molar-refractivity contribution in [2.75, 3.05) is 26.2 Å². The van der Waals surface area contributed by atoms with E-state index in [1.165, 1.54) is 0 Å². The first-order chi connectivity index (χ1) is 17.4. The van der Waals surface area contributed by atoms with Crippen molar-refractivity contribution >= 4 is 23.7 Å². The predicted octanol–water partition coefficient (Wildman–Crippen LogP) is 6.24. The summed E-state index contributed by atoms with van der Waals surface area (Å²) in [5.74, 6) is -0.307. The van der Waals surface area contributed by atoms with Crippen LogP contribution in [0.5, 0.6) is 0 Å². The number of ether oxygens (including phenoxy) is 2. The Bertz CT molecular complexity index is 997. The lowest BCUT2D eigenvalue weighted by atomic mass is 9.78. The van der Waals surface area contributed by atoms with E-state index in [9.17, 15) is 35.9 Å². The Kier molecular flexibility index (Phi) is 8.87. The van der Waals surface area contributed by atoms with Crippen molar-refractivity contribution in [3.8, 4) is 0 Å². The highest BCUT2D eigenvalue weighted by atomic mass is 35.5. The molecule has 1 heterocycles. The first-order valence-corrected chi connectivity index (χ1v) is 12.6. The molecule has 1 saturated heterocycles. The average molecular weight is 573 g/mol. The van der Waals surface area contributed by atoms with Crippen LogP contribution in [0.3, 0.4) is 0 Å². The number of alkyl halides is 6. The molecule has 1 saturated carbocycles. The van der Waals surface area contributed by atoms with E-state index in [0.717, 1.165) is 28.9 Å². The van der Waals surface area contributed by atoms with Gasteiger partial charge in [-0.15, -0.1) is 0 Å². The minimum Gasteiger partial charge on any atom is -0.459 e. The number of hydrogen-bond acceptors (Lipinski definition) is 5. The molecule has 1 aromatic carbocycles. The normalized spacial score (nSPS) is 19.1. The van der Waals surface area contributed by atoms with Gasteiger partial charge in [0.1, 0.15) is 5.60 Å². The number of piperazine rings is 1. The Morgan fingerprint density at radius 2 is 1.50 bits per heavy atom. The predicted molar refractivity (Wildman–Crippen MR) is 127 cm³/mol. The van der Waals surface area contributed by atoms with Gasteiger partial charge >= 0.3 is 24.4 Å². The number of rotatable bonds is 5. The molecule has 2 fully saturated rings. The number of carbonyl (C=O) groups is 2. The summed E-state index contributed by atoms with van der Waals surface area (Å²) >= 11 is 6.41. The maximum atomic E-state index is 13.2. The van der Waals surface area contributed by atoms with Crippen LogP contribution >= 0.6 is 11.6 Å². The second kappa shape index (κ2) is 11.1. The number of carbonyl (C=O) groups excluding carboxylic acids is 2. The summed E-state index contributed by atoms with van der Waals surface area (Å²) in [5, 5.41) is 0.430. The van der Waals surface area contributed by atoms with Crippen LogP contribution in [0.4, 0.5) is 31.1 Å². The molecule has 0 N–H and O–H groups in total. The quantitative estimate of drug-likeness (QED) is 0.309. The maximum absolute atomic E-state index is 13.2. The Balaban J connectivity index is 1.67. The maximum Gasteiger partial charge on any atom is 0.434 e. The molecule has 2 aliphatic rings. The van der Waals surface area contributed by atoms with Crippen LogP contribution < -0.4 is 0 Å². The highest BCUT2D eigenvalue weighted by molar-refractivity contribution is 6.30. The van der Waals surface area contributed by atoms with Crippen LogP contribution in [0.1, 0.15) is 57.6 Å². The van der Waals surface area contributed by atoms with E-state index in [-0.39, 0.29) is 32.1 Å². The molecule has 1 aliphatic carbocycles. The molecule has 0 unspecified atom stereocenters. The smallest absolute Gasteiger partial charge is 0.434 e. The second-order valence-corrected chi connectivity index (χ2v) is 11.2. The zero-order chi connectivity index (χ0) is 28.5. The van der Waals surface area contributed by atoms with Gasteiger partial charge in [0.15, 0.2) is 0 Å². The summed E-state index contributed by atoms with van der Waals surface area (Å²) in [6, 6.07) is 5.38. The lowest BCUT2D eigenvalue weighted by Crippen LogP contribution is -2.52. The van der Waals surface area contributed by atoms with E-state index >= 15 is 0 Å². The third-order valence-corrected chi connectivity index (χ3v) is 6.83. The molecular weight excluding hydrogens is 542 g/mol. The van der Waals surface area contributed by atoms with Crippen LogP contribution in [0.15, 0.2) is 18.2 Å². The molecular formula is C25H31ClF6N2O4. The van der Waals surface area contributed by atoms with Gasteiger partial charge in [-0.2, -0.15) is 26.3 Å². The number of benzene rings is 1.